The van der Waals surface area contributed by atoms with Crippen molar-refractivity contribution in [3.05, 3.63) is 23.8 Å². The molecule has 0 unspecified atom stereocenters. The topological polar surface area (TPSA) is 51.0 Å². The predicted molar refractivity (Wildman–Crippen MR) is 89.2 cm³/mol. The third-order valence-corrected chi connectivity index (χ3v) is 5.64. The molecule has 0 radical (unpaired) electrons. The predicted octanol–water partition coefficient (Wildman–Crippen LogP) is 3.10. The van der Waals surface area contributed by atoms with E-state index in [0.29, 0.717) is 5.92 Å². The van der Waals surface area contributed by atoms with E-state index in [1.807, 2.05) is 29.8 Å². The second kappa shape index (κ2) is 5.95. The Hall–Kier alpha value is -1.91. The van der Waals surface area contributed by atoms with Gasteiger partial charge in [-0.3, -0.25) is 4.79 Å². The zero-order valence-corrected chi connectivity index (χ0v) is 13.7. The highest BCUT2D eigenvalue weighted by Crippen LogP contribution is 2.36. The van der Waals surface area contributed by atoms with Gasteiger partial charge in [0.25, 0.3) is 5.91 Å². The summed E-state index contributed by atoms with van der Waals surface area (Å²) in [6, 6.07) is 5.79. The van der Waals surface area contributed by atoms with Crippen LogP contribution in [-0.4, -0.2) is 38.9 Å². The zero-order valence-electron chi connectivity index (χ0n) is 13.7. The molecule has 1 saturated carbocycles. The van der Waals surface area contributed by atoms with Crippen LogP contribution in [0.4, 0.5) is 0 Å². The van der Waals surface area contributed by atoms with Gasteiger partial charge in [-0.05, 0) is 49.8 Å². The number of carbonyl (C=O) groups excluding carboxylic acids is 1. The second-order valence-corrected chi connectivity index (χ2v) is 6.95. The van der Waals surface area contributed by atoms with Crippen LogP contribution in [0, 0.1) is 11.8 Å². The van der Waals surface area contributed by atoms with Crippen molar-refractivity contribution < 1.29 is 4.79 Å². The lowest BCUT2D eigenvalue weighted by Gasteiger charge is -2.41. The lowest BCUT2D eigenvalue weighted by molar-refractivity contribution is 0.0521. The normalized spacial score (nSPS) is 24.7. The number of nitrogens with zero attached hydrogens (tertiary/aromatic N) is 4. The van der Waals surface area contributed by atoms with Gasteiger partial charge in [-0.2, -0.15) is 0 Å². The van der Waals surface area contributed by atoms with E-state index in [0.717, 1.165) is 42.1 Å². The van der Waals surface area contributed by atoms with E-state index in [-0.39, 0.29) is 5.91 Å². The summed E-state index contributed by atoms with van der Waals surface area (Å²) in [5, 5.41) is 8.31. The average molecular weight is 312 g/mol. The van der Waals surface area contributed by atoms with Crippen molar-refractivity contribution in [3.63, 3.8) is 0 Å². The molecule has 5 heteroatoms. The zero-order chi connectivity index (χ0) is 15.8. The molecule has 2 atom stereocenters. The van der Waals surface area contributed by atoms with E-state index >= 15 is 0 Å². The fourth-order valence-electron chi connectivity index (χ4n) is 4.31. The Bertz CT molecular complexity index is 723. The first-order valence-corrected chi connectivity index (χ1v) is 8.89. The first-order valence-electron chi connectivity index (χ1n) is 8.89. The molecule has 1 amide bonds. The van der Waals surface area contributed by atoms with Gasteiger partial charge in [0, 0.05) is 25.2 Å². The van der Waals surface area contributed by atoms with Crippen LogP contribution in [0.5, 0.6) is 0 Å². The molecule has 122 valence electrons. The molecular weight excluding hydrogens is 288 g/mol. The largest absolute Gasteiger partial charge is 0.338 e. The molecule has 1 saturated heterocycles. The van der Waals surface area contributed by atoms with E-state index < -0.39 is 0 Å². The number of fused-ring (bicyclic) bond motifs is 2. The van der Waals surface area contributed by atoms with Crippen molar-refractivity contribution in [2.24, 2.45) is 11.8 Å². The summed E-state index contributed by atoms with van der Waals surface area (Å²) < 4.78 is 1.86. The smallest absolute Gasteiger partial charge is 0.253 e. The van der Waals surface area contributed by atoms with Gasteiger partial charge < -0.3 is 4.90 Å². The molecule has 23 heavy (non-hydrogen) atoms. The van der Waals surface area contributed by atoms with E-state index in [9.17, 15) is 4.79 Å². The van der Waals surface area contributed by atoms with Gasteiger partial charge in [-0.15, -0.1) is 5.10 Å². The van der Waals surface area contributed by atoms with Gasteiger partial charge in [0.05, 0.1) is 5.52 Å². The fourth-order valence-corrected chi connectivity index (χ4v) is 4.31. The third kappa shape index (κ3) is 2.62. The molecule has 0 spiro atoms. The summed E-state index contributed by atoms with van der Waals surface area (Å²) in [6.45, 7) is 4.67. The van der Waals surface area contributed by atoms with Crippen LogP contribution in [0.25, 0.3) is 11.0 Å². The van der Waals surface area contributed by atoms with E-state index in [1.54, 1.807) is 0 Å². The number of likely N-dealkylation sites (tertiary alicyclic amines) is 1. The van der Waals surface area contributed by atoms with Crippen LogP contribution in [0.2, 0.25) is 0 Å². The van der Waals surface area contributed by atoms with E-state index in [2.05, 4.69) is 15.2 Å². The molecule has 1 aliphatic heterocycles. The van der Waals surface area contributed by atoms with Gasteiger partial charge >= 0.3 is 0 Å². The van der Waals surface area contributed by atoms with Gasteiger partial charge in [0.15, 0.2) is 0 Å². The number of amides is 1. The Morgan fingerprint density at radius 1 is 1.22 bits per heavy atom. The van der Waals surface area contributed by atoms with Crippen molar-refractivity contribution in [3.8, 4) is 0 Å². The summed E-state index contributed by atoms with van der Waals surface area (Å²) in [4.78, 5) is 14.9. The molecule has 0 bridgehead atoms. The van der Waals surface area contributed by atoms with Crippen LogP contribution in [0.1, 0.15) is 49.4 Å². The molecule has 1 aromatic carbocycles. The second-order valence-electron chi connectivity index (χ2n) is 6.95. The molecule has 2 aliphatic rings. The third-order valence-electron chi connectivity index (χ3n) is 5.64. The SMILES string of the molecule is CCn1nnc2cc(C(=O)N3CC[C@H]4CCCC[C@H]4C3)ccc21. The van der Waals surface area contributed by atoms with E-state index in [1.165, 1.54) is 32.1 Å². The van der Waals surface area contributed by atoms with Crippen LogP contribution in [0.15, 0.2) is 18.2 Å². The minimum atomic E-state index is 0.155. The first-order chi connectivity index (χ1) is 11.3. The number of aryl methyl sites for hydroxylation is 1. The van der Waals surface area contributed by atoms with Gasteiger partial charge in [-0.1, -0.05) is 24.5 Å². The number of hydrogen-bond acceptors (Lipinski definition) is 3. The summed E-state index contributed by atoms with van der Waals surface area (Å²) in [5.74, 6) is 1.72. The van der Waals surface area contributed by atoms with Crippen molar-refractivity contribution in [1.82, 2.24) is 19.9 Å². The van der Waals surface area contributed by atoms with Crippen molar-refractivity contribution >= 4 is 16.9 Å². The minimum absolute atomic E-state index is 0.155. The van der Waals surface area contributed by atoms with Crippen molar-refractivity contribution in [1.29, 1.82) is 0 Å². The maximum Gasteiger partial charge on any atom is 0.253 e. The summed E-state index contributed by atoms with van der Waals surface area (Å²) in [7, 11) is 0. The summed E-state index contributed by atoms with van der Waals surface area (Å²) in [5.41, 5.74) is 2.55. The number of benzene rings is 1. The highest BCUT2D eigenvalue weighted by Gasteiger charge is 2.33. The quantitative estimate of drug-likeness (QED) is 0.856. The highest BCUT2D eigenvalue weighted by atomic mass is 16.2. The first kappa shape index (κ1) is 14.7. The Morgan fingerprint density at radius 2 is 2.04 bits per heavy atom. The fraction of sp³-hybridized carbons (Fsp3) is 0.611. The number of aromatic nitrogens is 3. The molecule has 2 fully saturated rings. The maximum atomic E-state index is 12.9. The Balaban J connectivity index is 1.54. The molecule has 4 rings (SSSR count). The summed E-state index contributed by atoms with van der Waals surface area (Å²) in [6.07, 6.45) is 6.52. The van der Waals surface area contributed by atoms with E-state index in [4.69, 9.17) is 0 Å². The van der Waals surface area contributed by atoms with Crippen LogP contribution in [-0.2, 0) is 6.54 Å². The van der Waals surface area contributed by atoms with Gasteiger partial charge in [-0.25, -0.2) is 4.68 Å². The van der Waals surface area contributed by atoms with Crippen LogP contribution < -0.4 is 0 Å². The molecule has 1 aromatic heterocycles. The average Bonchev–Trinajstić information content (AvgIpc) is 3.03. The number of carbonyl (C=O) groups is 1. The number of piperidine rings is 1. The van der Waals surface area contributed by atoms with Crippen LogP contribution in [0.3, 0.4) is 0 Å². The highest BCUT2D eigenvalue weighted by molar-refractivity contribution is 5.97. The van der Waals surface area contributed by atoms with Gasteiger partial charge in [0.2, 0.25) is 0 Å². The van der Waals surface area contributed by atoms with Crippen molar-refractivity contribution in [2.45, 2.75) is 45.6 Å². The Labute approximate surface area is 136 Å². The molecular formula is C18H24N4O. The molecule has 2 heterocycles. The lowest BCUT2D eigenvalue weighted by atomic mass is 9.75. The standard InChI is InChI=1S/C18H24N4O/c1-2-22-17-8-7-14(11-16(17)19-20-22)18(23)21-10-9-13-5-3-4-6-15(13)12-21/h7-8,11,13,15H,2-6,9-10,12H2,1H3/t13-,15+/m1/s1. The maximum absolute atomic E-state index is 12.9. The van der Waals surface area contributed by atoms with Gasteiger partial charge in [0.1, 0.15) is 5.52 Å². The summed E-state index contributed by atoms with van der Waals surface area (Å²) >= 11 is 0. The van der Waals surface area contributed by atoms with Crippen molar-refractivity contribution in [2.75, 3.05) is 13.1 Å². The van der Waals surface area contributed by atoms with Crippen LogP contribution >= 0.6 is 0 Å². The minimum Gasteiger partial charge on any atom is -0.338 e. The number of hydrogen-bond donors (Lipinski definition) is 0. The molecule has 0 N–H and O–H groups in total. The lowest BCUT2D eigenvalue weighted by Crippen LogP contribution is -2.44. The molecule has 5 nitrogen and oxygen atoms in total. The molecule has 1 aliphatic carbocycles. The number of rotatable bonds is 2. The molecule has 2 aromatic rings. The Morgan fingerprint density at radius 3 is 2.87 bits per heavy atom. The monoisotopic (exact) mass is 312 g/mol. The Kier molecular flexibility index (Phi) is 3.79.